The largest absolute Gasteiger partial charge is 0.507 e. The van der Waals surface area contributed by atoms with Crippen LogP contribution in [0.3, 0.4) is 0 Å². The molecule has 148 valence electrons. The van der Waals surface area contributed by atoms with Crippen molar-refractivity contribution < 1.29 is 15.0 Å². The normalized spacial score (nSPS) is 10.8. The summed E-state index contributed by atoms with van der Waals surface area (Å²) >= 11 is 0. The van der Waals surface area contributed by atoms with Crippen molar-refractivity contribution in [3.63, 3.8) is 0 Å². The van der Waals surface area contributed by atoms with Crippen LogP contribution in [0.25, 0.3) is 0 Å². The number of phenolic OH excluding ortho intramolecular Hbond substituents is 2. The number of nitrogens with two attached hydrogens (primary N) is 1. The molecular formula is C21H36N2O3. The summed E-state index contributed by atoms with van der Waals surface area (Å²) in [5, 5.41) is 22.6. The Hall–Kier alpha value is -1.91. The van der Waals surface area contributed by atoms with Crippen molar-refractivity contribution in [1.29, 1.82) is 0 Å². The second-order valence-electron chi connectivity index (χ2n) is 7.14. The monoisotopic (exact) mass is 364 g/mol. The van der Waals surface area contributed by atoms with Gasteiger partial charge in [0.2, 0.25) is 0 Å². The van der Waals surface area contributed by atoms with E-state index in [-0.39, 0.29) is 22.7 Å². The van der Waals surface area contributed by atoms with E-state index in [1.165, 1.54) is 63.9 Å². The number of benzene rings is 1. The summed E-state index contributed by atoms with van der Waals surface area (Å²) in [5.74, 6) is -1.08. The third-order valence-corrected chi connectivity index (χ3v) is 4.82. The van der Waals surface area contributed by atoms with Crippen molar-refractivity contribution in [2.75, 3.05) is 12.3 Å². The zero-order valence-corrected chi connectivity index (χ0v) is 16.4. The number of carbonyl (C=O) groups is 1. The molecule has 0 spiro atoms. The Kier molecular flexibility index (Phi) is 10.6. The van der Waals surface area contributed by atoms with Gasteiger partial charge in [0.25, 0.3) is 5.91 Å². The fourth-order valence-corrected chi connectivity index (χ4v) is 3.10. The molecule has 0 saturated heterocycles. The second-order valence-corrected chi connectivity index (χ2v) is 7.14. The van der Waals surface area contributed by atoms with E-state index in [1.807, 2.05) is 0 Å². The molecule has 5 heteroatoms. The average molecular weight is 365 g/mol. The first-order chi connectivity index (χ1) is 12.5. The molecule has 1 amide bonds. The fraction of sp³-hybridized carbons (Fsp3) is 0.667. The number of aromatic hydroxyl groups is 2. The summed E-state index contributed by atoms with van der Waals surface area (Å²) in [6, 6.07) is 1.40. The molecule has 0 aromatic heterocycles. The summed E-state index contributed by atoms with van der Waals surface area (Å²) in [5.41, 5.74) is 6.24. The average Bonchev–Trinajstić information content (AvgIpc) is 2.60. The van der Waals surface area contributed by atoms with Crippen LogP contribution in [-0.2, 0) is 0 Å². The number of anilines is 1. The van der Waals surface area contributed by atoms with E-state index in [0.29, 0.717) is 12.1 Å². The van der Waals surface area contributed by atoms with Gasteiger partial charge in [0.1, 0.15) is 11.3 Å². The van der Waals surface area contributed by atoms with Gasteiger partial charge in [-0.3, -0.25) is 4.79 Å². The van der Waals surface area contributed by atoms with Gasteiger partial charge in [-0.05, 0) is 25.0 Å². The summed E-state index contributed by atoms with van der Waals surface area (Å²) in [6.07, 6.45) is 13.8. The zero-order chi connectivity index (χ0) is 19.4. The zero-order valence-electron chi connectivity index (χ0n) is 16.4. The molecule has 0 heterocycles. The lowest BCUT2D eigenvalue weighted by Crippen LogP contribution is -2.25. The van der Waals surface area contributed by atoms with Crippen LogP contribution in [0.15, 0.2) is 6.07 Å². The van der Waals surface area contributed by atoms with Crippen LogP contribution in [0, 0.1) is 6.92 Å². The lowest BCUT2D eigenvalue weighted by Gasteiger charge is -2.12. The molecule has 0 bridgehead atoms. The standard InChI is InChI=1S/C21H36N2O3/c1-3-4-5-6-7-8-9-10-11-12-13-14-23-21(26)18-17(24)15-16(2)19(22)20(18)25/h15,24-25H,3-14,22H2,1-2H3,(H,23,26). The molecule has 0 fully saturated rings. The van der Waals surface area contributed by atoms with E-state index in [4.69, 9.17) is 5.73 Å². The third-order valence-electron chi connectivity index (χ3n) is 4.82. The number of unbranched alkanes of at least 4 members (excludes halogenated alkanes) is 10. The number of carbonyl (C=O) groups excluding carboxylic acids is 1. The van der Waals surface area contributed by atoms with Gasteiger partial charge in [-0.1, -0.05) is 71.1 Å². The predicted molar refractivity (Wildman–Crippen MR) is 108 cm³/mol. The summed E-state index contributed by atoms with van der Waals surface area (Å²) < 4.78 is 0. The van der Waals surface area contributed by atoms with Crippen LogP contribution in [0.1, 0.15) is 93.5 Å². The van der Waals surface area contributed by atoms with E-state index in [1.54, 1.807) is 6.92 Å². The molecule has 0 saturated carbocycles. The number of phenols is 2. The number of hydrogen-bond acceptors (Lipinski definition) is 4. The Morgan fingerprint density at radius 2 is 1.46 bits per heavy atom. The van der Waals surface area contributed by atoms with Crippen molar-refractivity contribution in [3.8, 4) is 11.5 Å². The van der Waals surface area contributed by atoms with Crippen LogP contribution < -0.4 is 11.1 Å². The quantitative estimate of drug-likeness (QED) is 0.171. The number of nitrogen functional groups attached to an aromatic ring is 1. The minimum atomic E-state index is -0.487. The lowest BCUT2D eigenvalue weighted by atomic mass is 10.1. The summed E-state index contributed by atoms with van der Waals surface area (Å²) in [4.78, 5) is 12.1. The van der Waals surface area contributed by atoms with Crippen LogP contribution in [0.5, 0.6) is 11.5 Å². The van der Waals surface area contributed by atoms with Crippen LogP contribution >= 0.6 is 0 Å². The second kappa shape index (κ2) is 12.4. The molecule has 0 aliphatic heterocycles. The van der Waals surface area contributed by atoms with Crippen molar-refractivity contribution >= 4 is 11.6 Å². The van der Waals surface area contributed by atoms with Crippen molar-refractivity contribution in [3.05, 3.63) is 17.2 Å². The maximum absolute atomic E-state index is 12.1. The minimum absolute atomic E-state index is 0.127. The van der Waals surface area contributed by atoms with E-state index in [0.717, 1.165) is 12.8 Å². The Morgan fingerprint density at radius 1 is 0.962 bits per heavy atom. The Bertz CT molecular complexity index is 559. The van der Waals surface area contributed by atoms with Gasteiger partial charge in [0.15, 0.2) is 5.75 Å². The minimum Gasteiger partial charge on any atom is -0.507 e. The first-order valence-electron chi connectivity index (χ1n) is 10.1. The van der Waals surface area contributed by atoms with Gasteiger partial charge < -0.3 is 21.3 Å². The molecule has 0 unspecified atom stereocenters. The van der Waals surface area contributed by atoms with Crippen molar-refractivity contribution in [1.82, 2.24) is 5.32 Å². The van der Waals surface area contributed by atoms with E-state index in [2.05, 4.69) is 12.2 Å². The molecular weight excluding hydrogens is 328 g/mol. The van der Waals surface area contributed by atoms with E-state index < -0.39 is 5.91 Å². The van der Waals surface area contributed by atoms with Crippen molar-refractivity contribution in [2.24, 2.45) is 0 Å². The highest BCUT2D eigenvalue weighted by molar-refractivity contribution is 6.01. The molecule has 1 aromatic carbocycles. The number of hydrogen-bond donors (Lipinski definition) is 4. The Morgan fingerprint density at radius 3 is 2.00 bits per heavy atom. The Labute approximate surface area is 158 Å². The first kappa shape index (κ1) is 22.1. The fourth-order valence-electron chi connectivity index (χ4n) is 3.10. The molecule has 5 N–H and O–H groups in total. The van der Waals surface area contributed by atoms with Gasteiger partial charge in [-0.25, -0.2) is 0 Å². The topological polar surface area (TPSA) is 95.6 Å². The highest BCUT2D eigenvalue weighted by atomic mass is 16.3. The van der Waals surface area contributed by atoms with Crippen molar-refractivity contribution in [2.45, 2.75) is 84.5 Å². The van der Waals surface area contributed by atoms with Gasteiger partial charge in [-0.15, -0.1) is 0 Å². The summed E-state index contributed by atoms with van der Waals surface area (Å²) in [6.45, 7) is 4.44. The Balaban J connectivity index is 2.14. The van der Waals surface area contributed by atoms with Crippen LogP contribution in [-0.4, -0.2) is 22.7 Å². The SMILES string of the molecule is CCCCCCCCCCCCCNC(=O)c1c(O)cc(C)c(N)c1O. The number of rotatable bonds is 13. The van der Waals surface area contributed by atoms with E-state index >= 15 is 0 Å². The van der Waals surface area contributed by atoms with Crippen LogP contribution in [0.4, 0.5) is 5.69 Å². The van der Waals surface area contributed by atoms with Gasteiger partial charge >= 0.3 is 0 Å². The maximum atomic E-state index is 12.1. The highest BCUT2D eigenvalue weighted by Gasteiger charge is 2.19. The van der Waals surface area contributed by atoms with E-state index in [9.17, 15) is 15.0 Å². The molecule has 0 aliphatic rings. The number of nitrogens with one attached hydrogen (secondary N) is 1. The lowest BCUT2D eigenvalue weighted by molar-refractivity contribution is 0.0947. The molecule has 0 radical (unpaired) electrons. The maximum Gasteiger partial charge on any atom is 0.258 e. The molecule has 0 atom stereocenters. The molecule has 1 rings (SSSR count). The third kappa shape index (κ3) is 7.54. The number of aryl methyl sites for hydroxylation is 1. The van der Waals surface area contributed by atoms with Gasteiger partial charge in [0, 0.05) is 6.54 Å². The van der Waals surface area contributed by atoms with Crippen LogP contribution in [0.2, 0.25) is 0 Å². The molecule has 26 heavy (non-hydrogen) atoms. The first-order valence-corrected chi connectivity index (χ1v) is 10.1. The molecule has 1 aromatic rings. The van der Waals surface area contributed by atoms with Gasteiger partial charge in [0.05, 0.1) is 5.69 Å². The molecule has 0 aliphatic carbocycles. The molecule has 5 nitrogen and oxygen atoms in total. The smallest absolute Gasteiger partial charge is 0.258 e. The number of amides is 1. The van der Waals surface area contributed by atoms with Gasteiger partial charge in [-0.2, -0.15) is 0 Å². The summed E-state index contributed by atoms with van der Waals surface area (Å²) in [7, 11) is 0. The predicted octanol–water partition coefficient (Wildman–Crippen LogP) is 5.03. The highest BCUT2D eigenvalue weighted by Crippen LogP contribution is 2.35.